The molecule has 0 aromatic heterocycles. The highest BCUT2D eigenvalue weighted by molar-refractivity contribution is 9.10. The van der Waals surface area contributed by atoms with Crippen molar-refractivity contribution in [2.24, 2.45) is 0 Å². The van der Waals surface area contributed by atoms with Crippen LogP contribution in [0.1, 0.15) is 13.3 Å². The number of aliphatic hydroxyl groups is 1. The van der Waals surface area contributed by atoms with Crippen molar-refractivity contribution in [3.05, 3.63) is 22.4 Å². The summed E-state index contributed by atoms with van der Waals surface area (Å²) in [4.78, 5) is 0. The van der Waals surface area contributed by atoms with E-state index in [0.29, 0.717) is 28.8 Å². The molecule has 0 radical (unpaired) electrons. The van der Waals surface area contributed by atoms with Crippen LogP contribution in [0.4, 0.5) is 15.8 Å². The third-order valence-electron chi connectivity index (χ3n) is 2.09. The van der Waals surface area contributed by atoms with E-state index < -0.39 is 11.9 Å². The highest BCUT2D eigenvalue weighted by Crippen LogP contribution is 2.26. The Morgan fingerprint density at radius 1 is 1.60 bits per heavy atom. The van der Waals surface area contributed by atoms with Crippen molar-refractivity contribution in [1.82, 2.24) is 0 Å². The average Bonchev–Trinajstić information content (AvgIpc) is 2.21. The number of rotatable bonds is 4. The van der Waals surface area contributed by atoms with Crippen molar-refractivity contribution < 1.29 is 9.50 Å². The Kier molecular flexibility index (Phi) is 4.35. The van der Waals surface area contributed by atoms with Crippen molar-refractivity contribution >= 4 is 27.3 Å². The number of anilines is 2. The Morgan fingerprint density at radius 2 is 2.27 bits per heavy atom. The molecule has 84 valence electrons. The normalized spacial score (nSPS) is 12.5. The van der Waals surface area contributed by atoms with Gasteiger partial charge in [-0.2, -0.15) is 0 Å². The molecule has 0 fully saturated rings. The van der Waals surface area contributed by atoms with Crippen LogP contribution in [0.25, 0.3) is 0 Å². The Morgan fingerprint density at radius 3 is 2.87 bits per heavy atom. The first kappa shape index (κ1) is 12.3. The van der Waals surface area contributed by atoms with E-state index in [4.69, 9.17) is 5.73 Å². The summed E-state index contributed by atoms with van der Waals surface area (Å²) in [7, 11) is 0. The van der Waals surface area contributed by atoms with Crippen molar-refractivity contribution in [2.45, 2.75) is 19.4 Å². The maximum atomic E-state index is 13.0. The molecule has 0 saturated carbocycles. The van der Waals surface area contributed by atoms with E-state index in [-0.39, 0.29) is 0 Å². The van der Waals surface area contributed by atoms with Crippen LogP contribution in [-0.4, -0.2) is 17.8 Å². The van der Waals surface area contributed by atoms with Crippen molar-refractivity contribution in [3.63, 3.8) is 0 Å². The minimum Gasteiger partial charge on any atom is -0.397 e. The molecule has 0 heterocycles. The molecule has 0 aliphatic rings. The smallest absolute Gasteiger partial charge is 0.139 e. The predicted molar refractivity (Wildman–Crippen MR) is 63.3 cm³/mol. The molecule has 4 N–H and O–H groups in total. The molecule has 0 spiro atoms. The van der Waals surface area contributed by atoms with E-state index in [1.54, 1.807) is 6.07 Å². The van der Waals surface area contributed by atoms with Crippen LogP contribution in [-0.2, 0) is 0 Å². The average molecular weight is 277 g/mol. The van der Waals surface area contributed by atoms with Crippen molar-refractivity contribution in [1.29, 1.82) is 0 Å². The van der Waals surface area contributed by atoms with Gasteiger partial charge in [0.15, 0.2) is 0 Å². The first-order valence-electron chi connectivity index (χ1n) is 4.71. The quantitative estimate of drug-likeness (QED) is 0.740. The Balaban J connectivity index is 2.73. The van der Waals surface area contributed by atoms with Crippen molar-refractivity contribution in [2.75, 3.05) is 17.6 Å². The van der Waals surface area contributed by atoms with Crippen LogP contribution in [0.2, 0.25) is 0 Å². The van der Waals surface area contributed by atoms with E-state index in [9.17, 15) is 9.50 Å². The van der Waals surface area contributed by atoms with Gasteiger partial charge in [0.25, 0.3) is 0 Å². The fourth-order valence-corrected chi connectivity index (χ4v) is 1.43. The SMILES string of the molecule is CCC(O)CNc1cc(Br)c(F)cc1N. The van der Waals surface area contributed by atoms with Crippen LogP contribution in [0.5, 0.6) is 0 Å². The van der Waals surface area contributed by atoms with E-state index in [0.717, 1.165) is 0 Å². The number of halogens is 2. The predicted octanol–water partition coefficient (Wildman–Crippen LogP) is 2.35. The summed E-state index contributed by atoms with van der Waals surface area (Å²) >= 11 is 3.07. The molecule has 0 amide bonds. The lowest BCUT2D eigenvalue weighted by atomic mass is 10.2. The molecule has 1 rings (SSSR count). The highest BCUT2D eigenvalue weighted by atomic mass is 79.9. The summed E-state index contributed by atoms with van der Waals surface area (Å²) in [6.45, 7) is 2.29. The first-order chi connectivity index (χ1) is 7.04. The minimum absolute atomic E-state index is 0.332. The highest BCUT2D eigenvalue weighted by Gasteiger charge is 2.07. The van der Waals surface area contributed by atoms with Gasteiger partial charge in [0.05, 0.1) is 22.0 Å². The summed E-state index contributed by atoms with van der Waals surface area (Å²) in [6.07, 6.45) is 0.239. The maximum Gasteiger partial charge on any atom is 0.139 e. The van der Waals surface area contributed by atoms with Gasteiger partial charge in [-0.05, 0) is 28.4 Å². The van der Waals surface area contributed by atoms with Gasteiger partial charge in [-0.25, -0.2) is 4.39 Å². The zero-order valence-electron chi connectivity index (χ0n) is 8.43. The fourth-order valence-electron chi connectivity index (χ4n) is 1.09. The monoisotopic (exact) mass is 276 g/mol. The number of benzene rings is 1. The van der Waals surface area contributed by atoms with Gasteiger partial charge in [-0.3, -0.25) is 0 Å². The van der Waals surface area contributed by atoms with Crippen LogP contribution in [0, 0.1) is 5.82 Å². The summed E-state index contributed by atoms with van der Waals surface area (Å²) < 4.78 is 13.4. The number of nitrogens with one attached hydrogen (secondary N) is 1. The number of nitrogens with two attached hydrogens (primary N) is 1. The summed E-state index contributed by atoms with van der Waals surface area (Å²) in [5.74, 6) is -0.394. The molecule has 1 aromatic rings. The lowest BCUT2D eigenvalue weighted by Crippen LogP contribution is -2.18. The van der Waals surface area contributed by atoms with E-state index in [1.165, 1.54) is 6.07 Å². The van der Waals surface area contributed by atoms with E-state index in [2.05, 4.69) is 21.2 Å². The second kappa shape index (κ2) is 5.32. The third kappa shape index (κ3) is 3.35. The second-order valence-corrected chi connectivity index (χ2v) is 4.15. The lowest BCUT2D eigenvalue weighted by Gasteiger charge is -2.13. The molecule has 0 saturated heterocycles. The van der Waals surface area contributed by atoms with Gasteiger partial charge >= 0.3 is 0 Å². The van der Waals surface area contributed by atoms with Gasteiger partial charge in [0.1, 0.15) is 5.82 Å². The lowest BCUT2D eigenvalue weighted by molar-refractivity contribution is 0.183. The summed E-state index contributed by atoms with van der Waals surface area (Å²) in [5.41, 5.74) is 6.57. The van der Waals surface area contributed by atoms with Gasteiger partial charge in [-0.1, -0.05) is 6.92 Å². The zero-order valence-corrected chi connectivity index (χ0v) is 10.0. The molecule has 5 heteroatoms. The number of hydrogen-bond donors (Lipinski definition) is 3. The van der Waals surface area contributed by atoms with Gasteiger partial charge in [0, 0.05) is 12.6 Å². The van der Waals surface area contributed by atoms with Gasteiger partial charge in [0.2, 0.25) is 0 Å². The van der Waals surface area contributed by atoms with Gasteiger partial charge < -0.3 is 16.2 Å². The Hall–Kier alpha value is -0.810. The van der Waals surface area contributed by atoms with E-state index >= 15 is 0 Å². The second-order valence-electron chi connectivity index (χ2n) is 3.30. The molecule has 3 nitrogen and oxygen atoms in total. The van der Waals surface area contributed by atoms with Crippen LogP contribution >= 0.6 is 15.9 Å². The molecule has 0 bridgehead atoms. The maximum absolute atomic E-state index is 13.0. The topological polar surface area (TPSA) is 58.3 Å². The molecule has 15 heavy (non-hydrogen) atoms. The molecule has 1 aromatic carbocycles. The van der Waals surface area contributed by atoms with Gasteiger partial charge in [-0.15, -0.1) is 0 Å². The van der Waals surface area contributed by atoms with Crippen LogP contribution < -0.4 is 11.1 Å². The zero-order chi connectivity index (χ0) is 11.4. The molecular formula is C10H14BrFN2O. The number of hydrogen-bond acceptors (Lipinski definition) is 3. The number of aliphatic hydroxyl groups excluding tert-OH is 1. The standard InChI is InChI=1S/C10H14BrFN2O/c1-2-6(15)5-14-10-3-7(11)8(12)4-9(10)13/h3-4,6,14-15H,2,5,13H2,1H3. The molecular weight excluding hydrogens is 263 g/mol. The molecule has 0 aliphatic carbocycles. The third-order valence-corrected chi connectivity index (χ3v) is 2.70. The molecule has 0 aliphatic heterocycles. The molecule has 1 unspecified atom stereocenters. The fraction of sp³-hybridized carbons (Fsp3) is 0.400. The van der Waals surface area contributed by atoms with Crippen molar-refractivity contribution in [3.8, 4) is 0 Å². The van der Waals surface area contributed by atoms with Crippen LogP contribution in [0.15, 0.2) is 16.6 Å². The van der Waals surface area contributed by atoms with E-state index in [1.807, 2.05) is 6.92 Å². The summed E-state index contributed by atoms with van der Waals surface area (Å²) in [6, 6.07) is 2.80. The summed E-state index contributed by atoms with van der Waals surface area (Å²) in [5, 5.41) is 12.3. The Labute approximate surface area is 96.6 Å². The molecule has 1 atom stereocenters. The largest absolute Gasteiger partial charge is 0.397 e. The minimum atomic E-state index is -0.423. The first-order valence-corrected chi connectivity index (χ1v) is 5.50. The van der Waals surface area contributed by atoms with Crippen LogP contribution in [0.3, 0.4) is 0 Å². The Bertz CT molecular complexity index is 346. The number of nitrogen functional groups attached to an aromatic ring is 1.